The number of hydrogen-bond donors (Lipinski definition) is 0. The molecule has 10 heteroatoms. The Morgan fingerprint density at radius 1 is 1.09 bits per heavy atom. The van der Waals surface area contributed by atoms with E-state index in [0.29, 0.717) is 25.2 Å². The number of alkyl halides is 4. The average Bonchev–Trinajstić information content (AvgIpc) is 3.23. The molecule has 2 aliphatic heterocycles. The highest BCUT2D eigenvalue weighted by Crippen LogP contribution is 2.62. The van der Waals surface area contributed by atoms with E-state index in [1.54, 1.807) is 0 Å². The summed E-state index contributed by atoms with van der Waals surface area (Å²) in [6.45, 7) is 16.9. The van der Waals surface area contributed by atoms with Gasteiger partial charge in [-0.3, -0.25) is 9.97 Å². The van der Waals surface area contributed by atoms with Gasteiger partial charge >= 0.3 is 6.18 Å². The molecule has 0 amide bonds. The van der Waals surface area contributed by atoms with Gasteiger partial charge < -0.3 is 13.9 Å². The molecule has 0 radical (unpaired) electrons. The van der Waals surface area contributed by atoms with Gasteiger partial charge in [-0.1, -0.05) is 69.7 Å². The van der Waals surface area contributed by atoms with E-state index in [9.17, 15) is 13.2 Å². The van der Waals surface area contributed by atoms with E-state index in [1.807, 2.05) is 0 Å². The minimum absolute atomic E-state index is 0.0182. The third-order valence-electron chi connectivity index (χ3n) is 10.8. The van der Waals surface area contributed by atoms with Gasteiger partial charge in [0, 0.05) is 52.9 Å². The van der Waals surface area contributed by atoms with Crippen LogP contribution in [-0.4, -0.2) is 35.4 Å². The van der Waals surface area contributed by atoms with Gasteiger partial charge in [-0.2, -0.15) is 13.2 Å². The van der Waals surface area contributed by atoms with Crippen LogP contribution >= 0.6 is 22.6 Å². The quantitative estimate of drug-likeness (QED) is 0.179. The van der Waals surface area contributed by atoms with Gasteiger partial charge in [-0.05, 0) is 61.2 Å². The van der Waals surface area contributed by atoms with E-state index in [4.69, 9.17) is 18.9 Å². The summed E-state index contributed by atoms with van der Waals surface area (Å²) in [5.41, 5.74) is 4.78. The first-order valence-electron chi connectivity index (χ1n) is 15.7. The molecule has 4 aliphatic rings. The first kappa shape index (κ1) is 31.9. The van der Waals surface area contributed by atoms with Crippen molar-refractivity contribution < 1.29 is 27.1 Å². The molecule has 2 spiro atoms. The van der Waals surface area contributed by atoms with Crippen molar-refractivity contribution in [3.8, 4) is 0 Å². The van der Waals surface area contributed by atoms with E-state index in [2.05, 4.69) is 75.3 Å². The van der Waals surface area contributed by atoms with Crippen LogP contribution in [0.2, 0.25) is 18.1 Å². The fourth-order valence-electron chi connectivity index (χ4n) is 7.35. The lowest BCUT2D eigenvalue weighted by Crippen LogP contribution is -2.48. The van der Waals surface area contributed by atoms with Crippen LogP contribution in [0.15, 0.2) is 18.3 Å². The zero-order valence-electron chi connectivity index (χ0n) is 26.3. The molecule has 0 aromatic carbocycles. The summed E-state index contributed by atoms with van der Waals surface area (Å²) in [6.07, 6.45) is 2.41. The van der Waals surface area contributed by atoms with E-state index < -0.39 is 31.9 Å². The minimum Gasteiger partial charge on any atom is -0.410 e. The molecule has 1 saturated carbocycles. The van der Waals surface area contributed by atoms with Crippen molar-refractivity contribution in [3.63, 3.8) is 0 Å². The normalized spacial score (nSPS) is 28.7. The summed E-state index contributed by atoms with van der Waals surface area (Å²) in [7, 11) is -2.17. The molecule has 1 saturated heterocycles. The van der Waals surface area contributed by atoms with Crippen LogP contribution in [0.1, 0.15) is 124 Å². The second-order valence-corrected chi connectivity index (χ2v) is 21.3. The maximum absolute atomic E-state index is 13.5. The van der Waals surface area contributed by atoms with E-state index in [0.717, 1.165) is 35.9 Å². The molecule has 0 N–H and O–H groups in total. The maximum Gasteiger partial charge on any atom is 0.433 e. The van der Waals surface area contributed by atoms with Crippen LogP contribution in [0.3, 0.4) is 0 Å². The van der Waals surface area contributed by atoms with Gasteiger partial charge in [-0.25, -0.2) is 0 Å². The van der Waals surface area contributed by atoms with E-state index in [-0.39, 0.29) is 26.4 Å². The molecule has 2 unspecified atom stereocenters. The molecular formula is C33H44F3IN2O3Si. The fraction of sp³-hybridized carbons (Fsp3) is 0.697. The number of hydrogen-bond acceptors (Lipinski definition) is 5. The van der Waals surface area contributed by atoms with Gasteiger partial charge in [0.2, 0.25) is 0 Å². The molecule has 6 rings (SSSR count). The Balaban J connectivity index is 1.60. The highest BCUT2D eigenvalue weighted by molar-refractivity contribution is 14.1. The number of pyridine rings is 2. The summed E-state index contributed by atoms with van der Waals surface area (Å²) in [6, 6.07) is 2.60. The molecule has 0 bridgehead atoms. The summed E-state index contributed by atoms with van der Waals surface area (Å²) in [5, 5.41) is 0.0406. The van der Waals surface area contributed by atoms with E-state index >= 15 is 0 Å². The van der Waals surface area contributed by atoms with Gasteiger partial charge in [0.15, 0.2) is 8.32 Å². The van der Waals surface area contributed by atoms with Crippen LogP contribution < -0.4 is 0 Å². The Hall–Kier alpha value is -1.08. The molecular weight excluding hydrogens is 684 g/mol. The molecule has 2 aliphatic carbocycles. The van der Waals surface area contributed by atoms with Crippen LogP contribution in [0, 0.1) is 5.41 Å². The lowest BCUT2D eigenvalue weighted by molar-refractivity contribution is -0.141. The Morgan fingerprint density at radius 2 is 1.81 bits per heavy atom. The predicted molar refractivity (Wildman–Crippen MR) is 171 cm³/mol. The van der Waals surface area contributed by atoms with Crippen LogP contribution in [0.4, 0.5) is 13.2 Å². The maximum atomic E-state index is 13.5. The number of aromatic nitrogens is 2. The summed E-state index contributed by atoms with van der Waals surface area (Å²) in [4.78, 5) is 9.30. The molecule has 4 heterocycles. The first-order valence-corrected chi connectivity index (χ1v) is 19.8. The lowest BCUT2D eigenvalue weighted by Gasteiger charge is -2.51. The second-order valence-electron chi connectivity index (χ2n) is 15.1. The Bertz CT molecular complexity index is 1390. The van der Waals surface area contributed by atoms with Gasteiger partial charge in [0.05, 0.1) is 16.6 Å². The average molecular weight is 729 g/mol. The molecule has 2 aromatic heterocycles. The summed E-state index contributed by atoms with van der Waals surface area (Å²) < 4.78 is 60.9. The standard InChI is InChI=1S/C33H44F3IN2O3Si/c1-19(2)28-26-27(25-21(39-28)15-31(11-8-12-31)16-22(25)42-43(6,7)30(3,4)5)32(13-14-40-18-23(32)37)41-29(26)20-9-10-24(38-17-20)33(34,35)36/h9-10,17,19,22-23,29H,8,11-16,18H2,1-7H3/t22-,23?,29+,32?/m0/s1. The number of nitrogens with zero attached hydrogens (tertiary/aromatic N) is 2. The monoisotopic (exact) mass is 728 g/mol. The molecule has 2 aromatic rings. The smallest absolute Gasteiger partial charge is 0.410 e. The second kappa shape index (κ2) is 10.7. The summed E-state index contributed by atoms with van der Waals surface area (Å²) in [5.74, 6) is 0.106. The zero-order chi connectivity index (χ0) is 31.2. The number of halogens is 4. The topological polar surface area (TPSA) is 53.5 Å². The van der Waals surface area contributed by atoms with Crippen molar-refractivity contribution in [1.29, 1.82) is 0 Å². The van der Waals surface area contributed by atoms with Crippen LogP contribution in [0.5, 0.6) is 0 Å². The van der Waals surface area contributed by atoms with Crippen molar-refractivity contribution in [2.45, 2.75) is 125 Å². The fourth-order valence-corrected chi connectivity index (χ4v) is 9.64. The van der Waals surface area contributed by atoms with Crippen molar-refractivity contribution in [2.75, 3.05) is 13.2 Å². The number of rotatable bonds is 4. The van der Waals surface area contributed by atoms with Crippen LogP contribution in [-0.2, 0) is 32.1 Å². The zero-order valence-corrected chi connectivity index (χ0v) is 29.5. The van der Waals surface area contributed by atoms with E-state index in [1.165, 1.54) is 42.7 Å². The molecule has 5 nitrogen and oxygen atoms in total. The number of ether oxygens (including phenoxy) is 2. The van der Waals surface area contributed by atoms with Crippen molar-refractivity contribution in [3.05, 3.63) is 57.7 Å². The van der Waals surface area contributed by atoms with Crippen LogP contribution in [0.25, 0.3) is 0 Å². The van der Waals surface area contributed by atoms with Gasteiger partial charge in [0.1, 0.15) is 17.4 Å². The molecule has 2 fully saturated rings. The summed E-state index contributed by atoms with van der Waals surface area (Å²) >= 11 is 2.46. The number of fused-ring (bicyclic) bond motifs is 4. The SMILES string of the molecule is CC(C)c1nc2c(c3c1[C@@H](c1ccc(C(F)(F)F)nc1)OC31CCOCC1I)[C@@H](O[Si](C)(C)C(C)(C)C)CC1(CCC1)C2. The Morgan fingerprint density at radius 3 is 2.35 bits per heavy atom. The van der Waals surface area contributed by atoms with Gasteiger partial charge in [-0.15, -0.1) is 0 Å². The third kappa shape index (κ3) is 5.32. The third-order valence-corrected chi connectivity index (χ3v) is 16.7. The Labute approximate surface area is 268 Å². The predicted octanol–water partition coefficient (Wildman–Crippen LogP) is 9.34. The highest BCUT2D eigenvalue weighted by atomic mass is 127. The minimum atomic E-state index is -4.50. The van der Waals surface area contributed by atoms with Crippen molar-refractivity contribution in [1.82, 2.24) is 9.97 Å². The Kier molecular flexibility index (Phi) is 7.96. The molecule has 4 atom stereocenters. The van der Waals surface area contributed by atoms with Crippen molar-refractivity contribution in [2.24, 2.45) is 5.41 Å². The molecule has 43 heavy (non-hydrogen) atoms. The molecule has 236 valence electrons. The van der Waals surface area contributed by atoms with Gasteiger partial charge in [0.25, 0.3) is 0 Å². The first-order chi connectivity index (χ1) is 20.0. The van der Waals surface area contributed by atoms with Crippen molar-refractivity contribution >= 4 is 30.9 Å². The lowest BCUT2D eigenvalue weighted by atomic mass is 9.58. The highest BCUT2D eigenvalue weighted by Gasteiger charge is 2.58. The largest absolute Gasteiger partial charge is 0.433 e.